The molecule has 2 aromatic carbocycles. The SMILES string of the molecule is COc1c2c(cc3c1C(CC(O)Cc1ccccc1C)N(C)CC3)OCO2. The molecule has 0 radical (unpaired) electrons. The summed E-state index contributed by atoms with van der Waals surface area (Å²) in [6.07, 6.45) is 1.80. The Labute approximate surface area is 160 Å². The average Bonchev–Trinajstić information content (AvgIpc) is 3.12. The molecule has 1 N–H and O–H groups in total. The summed E-state index contributed by atoms with van der Waals surface area (Å²) in [6, 6.07) is 10.4. The summed E-state index contributed by atoms with van der Waals surface area (Å²) in [7, 11) is 3.78. The number of fused-ring (bicyclic) bond motifs is 2. The molecule has 0 bridgehead atoms. The lowest BCUT2D eigenvalue weighted by Gasteiger charge is -2.37. The van der Waals surface area contributed by atoms with Crippen molar-refractivity contribution in [2.75, 3.05) is 27.5 Å². The van der Waals surface area contributed by atoms with Crippen molar-refractivity contribution in [3.05, 3.63) is 52.6 Å². The maximum absolute atomic E-state index is 10.9. The van der Waals surface area contributed by atoms with Crippen molar-refractivity contribution in [2.45, 2.75) is 38.3 Å². The van der Waals surface area contributed by atoms with Crippen LogP contribution in [0, 0.1) is 6.92 Å². The number of nitrogens with zero attached hydrogens (tertiary/aromatic N) is 1. The van der Waals surface area contributed by atoms with E-state index in [2.05, 4.69) is 37.1 Å². The number of aliphatic hydroxyl groups is 1. The van der Waals surface area contributed by atoms with Gasteiger partial charge in [0.05, 0.1) is 13.2 Å². The van der Waals surface area contributed by atoms with Gasteiger partial charge in [-0.25, -0.2) is 0 Å². The first-order chi connectivity index (χ1) is 13.1. The molecule has 2 unspecified atom stereocenters. The van der Waals surface area contributed by atoms with Gasteiger partial charge in [0.1, 0.15) is 0 Å². The van der Waals surface area contributed by atoms with E-state index in [1.54, 1.807) is 7.11 Å². The van der Waals surface area contributed by atoms with Gasteiger partial charge in [-0.1, -0.05) is 24.3 Å². The molecule has 0 saturated carbocycles. The first kappa shape index (κ1) is 18.1. The second kappa shape index (κ2) is 7.41. The molecule has 2 atom stereocenters. The van der Waals surface area contributed by atoms with E-state index in [0.29, 0.717) is 18.6 Å². The molecule has 2 heterocycles. The minimum absolute atomic E-state index is 0.0808. The summed E-state index contributed by atoms with van der Waals surface area (Å²) < 4.78 is 17.0. The predicted molar refractivity (Wildman–Crippen MR) is 104 cm³/mol. The Morgan fingerprint density at radius 3 is 2.89 bits per heavy atom. The largest absolute Gasteiger partial charge is 0.492 e. The van der Waals surface area contributed by atoms with Crippen molar-refractivity contribution in [1.82, 2.24) is 4.90 Å². The third kappa shape index (κ3) is 3.37. The average molecular weight is 369 g/mol. The summed E-state index contributed by atoms with van der Waals surface area (Å²) in [4.78, 5) is 2.30. The zero-order chi connectivity index (χ0) is 19.0. The van der Waals surface area contributed by atoms with Crippen LogP contribution in [0.25, 0.3) is 0 Å². The number of aryl methyl sites for hydroxylation is 1. The number of ether oxygens (including phenoxy) is 3. The third-order valence-corrected chi connectivity index (χ3v) is 5.76. The molecule has 2 aromatic rings. The molecule has 0 aliphatic carbocycles. The van der Waals surface area contributed by atoms with Gasteiger partial charge < -0.3 is 19.3 Å². The van der Waals surface area contributed by atoms with Crippen LogP contribution in [-0.4, -0.2) is 43.6 Å². The van der Waals surface area contributed by atoms with Crippen molar-refractivity contribution < 1.29 is 19.3 Å². The Hall–Kier alpha value is -2.24. The molecule has 0 amide bonds. The normalized spacial score (nSPS) is 19.6. The second-order valence-corrected chi connectivity index (χ2v) is 7.48. The number of benzene rings is 2. The Kier molecular flexibility index (Phi) is 4.98. The molecule has 4 rings (SSSR count). The van der Waals surface area contributed by atoms with Crippen LogP contribution in [0.15, 0.2) is 30.3 Å². The smallest absolute Gasteiger partial charge is 0.231 e. The van der Waals surface area contributed by atoms with E-state index in [4.69, 9.17) is 14.2 Å². The lowest BCUT2D eigenvalue weighted by molar-refractivity contribution is 0.107. The van der Waals surface area contributed by atoms with Crippen LogP contribution < -0.4 is 14.2 Å². The van der Waals surface area contributed by atoms with Crippen LogP contribution in [0.2, 0.25) is 0 Å². The van der Waals surface area contributed by atoms with Gasteiger partial charge in [-0.05, 0) is 56.0 Å². The highest BCUT2D eigenvalue weighted by Gasteiger charge is 2.34. The number of rotatable bonds is 5. The fourth-order valence-corrected chi connectivity index (χ4v) is 4.26. The Morgan fingerprint density at radius 2 is 2.11 bits per heavy atom. The quantitative estimate of drug-likeness (QED) is 0.877. The molecular weight excluding hydrogens is 342 g/mol. The highest BCUT2D eigenvalue weighted by molar-refractivity contribution is 5.61. The van der Waals surface area contributed by atoms with E-state index in [9.17, 15) is 5.11 Å². The van der Waals surface area contributed by atoms with Gasteiger partial charge in [0, 0.05) is 18.2 Å². The van der Waals surface area contributed by atoms with E-state index in [1.165, 1.54) is 16.7 Å². The van der Waals surface area contributed by atoms with E-state index < -0.39 is 6.10 Å². The van der Waals surface area contributed by atoms with Crippen molar-refractivity contribution in [1.29, 1.82) is 0 Å². The first-order valence-electron chi connectivity index (χ1n) is 9.50. The topological polar surface area (TPSA) is 51.2 Å². The molecule has 0 saturated heterocycles. The number of likely N-dealkylation sites (N-methyl/N-ethyl adjacent to an activating group) is 1. The fourth-order valence-electron chi connectivity index (χ4n) is 4.26. The van der Waals surface area contributed by atoms with Crippen molar-refractivity contribution in [3.63, 3.8) is 0 Å². The van der Waals surface area contributed by atoms with Gasteiger partial charge in [-0.2, -0.15) is 0 Å². The summed E-state index contributed by atoms with van der Waals surface area (Å²) >= 11 is 0. The fraction of sp³-hybridized carbons (Fsp3) is 0.455. The molecule has 2 aliphatic heterocycles. The lowest BCUT2D eigenvalue weighted by atomic mass is 9.87. The Balaban J connectivity index is 1.63. The van der Waals surface area contributed by atoms with Crippen LogP contribution in [0.5, 0.6) is 17.2 Å². The van der Waals surface area contributed by atoms with Gasteiger partial charge in [0.25, 0.3) is 0 Å². The second-order valence-electron chi connectivity index (χ2n) is 7.48. The van der Waals surface area contributed by atoms with Crippen LogP contribution in [0.3, 0.4) is 0 Å². The molecule has 0 fully saturated rings. The monoisotopic (exact) mass is 369 g/mol. The van der Waals surface area contributed by atoms with Crippen molar-refractivity contribution in [3.8, 4) is 17.2 Å². The summed E-state index contributed by atoms with van der Waals surface area (Å²) in [5.74, 6) is 2.19. The minimum atomic E-state index is -0.431. The number of methoxy groups -OCH3 is 1. The zero-order valence-corrected chi connectivity index (χ0v) is 16.2. The molecular formula is C22H27NO4. The number of hydrogen-bond acceptors (Lipinski definition) is 5. The number of aliphatic hydroxyl groups excluding tert-OH is 1. The van der Waals surface area contributed by atoms with Gasteiger partial charge in [-0.3, -0.25) is 4.90 Å². The molecule has 5 heteroatoms. The summed E-state index contributed by atoms with van der Waals surface area (Å²) in [5, 5.41) is 10.9. The van der Waals surface area contributed by atoms with E-state index >= 15 is 0 Å². The summed E-state index contributed by atoms with van der Waals surface area (Å²) in [6.45, 7) is 3.26. The minimum Gasteiger partial charge on any atom is -0.492 e. The third-order valence-electron chi connectivity index (χ3n) is 5.76. The van der Waals surface area contributed by atoms with E-state index in [0.717, 1.165) is 30.0 Å². The molecule has 27 heavy (non-hydrogen) atoms. The van der Waals surface area contributed by atoms with Gasteiger partial charge in [0.2, 0.25) is 12.5 Å². The van der Waals surface area contributed by atoms with Crippen LogP contribution >= 0.6 is 0 Å². The maximum Gasteiger partial charge on any atom is 0.231 e. The van der Waals surface area contributed by atoms with Gasteiger partial charge >= 0.3 is 0 Å². The Morgan fingerprint density at radius 1 is 1.30 bits per heavy atom. The van der Waals surface area contributed by atoms with Crippen molar-refractivity contribution >= 4 is 0 Å². The van der Waals surface area contributed by atoms with Crippen LogP contribution in [0.1, 0.15) is 34.7 Å². The van der Waals surface area contributed by atoms with Crippen LogP contribution in [0.4, 0.5) is 0 Å². The zero-order valence-electron chi connectivity index (χ0n) is 16.2. The first-order valence-corrected chi connectivity index (χ1v) is 9.50. The number of hydrogen-bond donors (Lipinski definition) is 1. The molecule has 2 aliphatic rings. The molecule has 144 valence electrons. The predicted octanol–water partition coefficient (Wildman–Crippen LogP) is 3.26. The molecule has 5 nitrogen and oxygen atoms in total. The van der Waals surface area contributed by atoms with Gasteiger partial charge in [-0.15, -0.1) is 0 Å². The maximum atomic E-state index is 10.9. The lowest BCUT2D eigenvalue weighted by Crippen LogP contribution is -2.35. The van der Waals surface area contributed by atoms with Gasteiger partial charge in [0.15, 0.2) is 11.5 Å². The standard InChI is InChI=1S/C22H27NO4/c1-14-6-4-5-7-15(14)10-17(24)12-18-20-16(8-9-23(18)2)11-19-21(22(20)25-3)27-13-26-19/h4-7,11,17-18,24H,8-10,12-13H2,1-3H3. The van der Waals surface area contributed by atoms with E-state index in [-0.39, 0.29) is 12.8 Å². The van der Waals surface area contributed by atoms with Crippen molar-refractivity contribution in [2.24, 2.45) is 0 Å². The Bertz CT molecular complexity index is 835. The highest BCUT2D eigenvalue weighted by Crippen LogP contribution is 2.50. The van der Waals surface area contributed by atoms with E-state index in [1.807, 2.05) is 12.1 Å². The highest BCUT2D eigenvalue weighted by atomic mass is 16.7. The molecule has 0 aromatic heterocycles. The molecule has 0 spiro atoms. The summed E-state index contributed by atoms with van der Waals surface area (Å²) in [5.41, 5.74) is 4.76. The van der Waals surface area contributed by atoms with Crippen LogP contribution in [-0.2, 0) is 12.8 Å².